The largest absolute Gasteiger partial charge is 1.00 e. The van der Waals surface area contributed by atoms with Crippen molar-refractivity contribution in [2.45, 2.75) is 80.8 Å². The number of phenols is 1. The molecule has 4 amide bonds. The van der Waals surface area contributed by atoms with Crippen LogP contribution in [0.25, 0.3) is 95.5 Å². The van der Waals surface area contributed by atoms with Gasteiger partial charge in [-0.15, -0.1) is 0 Å². The second kappa shape index (κ2) is 55.7. The summed E-state index contributed by atoms with van der Waals surface area (Å²) in [6.45, 7) is 6.01. The van der Waals surface area contributed by atoms with E-state index in [4.69, 9.17) is 97.0 Å². The van der Waals surface area contributed by atoms with Crippen LogP contribution in [0.5, 0.6) is 11.5 Å². The molecular weight excluding hydrogens is 2080 g/mol. The Hall–Kier alpha value is -11.9. The molecule has 750 valence electrons. The number of halogens is 21. The number of fused-ring (bicyclic) bond motifs is 6. The maximum atomic E-state index is 12.8. The number of aromatic hydroxyl groups is 1. The number of aliphatic hydroxyl groups is 2. The first kappa shape index (κ1) is 121. The Morgan fingerprint density at radius 3 is 0.986 bits per heavy atom. The fourth-order valence-corrected chi connectivity index (χ4v) is 12.7. The summed E-state index contributed by atoms with van der Waals surface area (Å²) in [5, 5.41) is 27.5. The molecule has 0 saturated heterocycles. The molecule has 12 aromatic carbocycles. The van der Waals surface area contributed by atoms with Gasteiger partial charge in [0.15, 0.2) is 22.3 Å². The molecule has 23 nitrogen and oxygen atoms in total. The number of para-hydroxylation sites is 5. The van der Waals surface area contributed by atoms with Crippen LogP contribution in [0.2, 0.25) is 0 Å². The van der Waals surface area contributed by atoms with E-state index in [1.807, 2.05) is 50.2 Å². The van der Waals surface area contributed by atoms with E-state index in [0.29, 0.717) is 124 Å². The third-order valence-electron chi connectivity index (χ3n) is 18.8. The van der Waals surface area contributed by atoms with Crippen LogP contribution >= 0.6 is 62.3 Å². The number of nitrogens with two attached hydrogens (primary N) is 4. The Morgan fingerprint density at radius 1 is 0.437 bits per heavy atom. The van der Waals surface area contributed by atoms with Crippen LogP contribution in [-0.4, -0.2) is 100 Å². The Bertz CT molecular complexity index is 6550. The van der Waals surface area contributed by atoms with E-state index in [1.165, 1.54) is 67.8 Å². The fraction of sp³-hybridized carbons (Fsp3) is 0.175. The summed E-state index contributed by atoms with van der Waals surface area (Å²) in [5.74, 6) is 8.02. The Kier molecular flexibility index (Phi) is 47.3. The Morgan fingerprint density at radius 2 is 0.697 bits per heavy atom. The molecule has 0 spiro atoms. The number of alkyl halides is 21. The third-order valence-corrected chi connectivity index (χ3v) is 19.4. The summed E-state index contributed by atoms with van der Waals surface area (Å²) in [6.07, 6.45) is -21.7. The molecule has 4 aromatic heterocycles. The molecule has 0 unspecified atom stereocenters. The van der Waals surface area contributed by atoms with Crippen molar-refractivity contribution in [3.05, 3.63) is 344 Å². The van der Waals surface area contributed by atoms with E-state index in [-0.39, 0.29) is 107 Å². The number of aliphatic hydroxyl groups excluding tert-OH is 2. The molecule has 16 aromatic rings. The number of benzene rings is 12. The number of hydrogen-bond acceptors (Lipinski definition) is 20. The van der Waals surface area contributed by atoms with E-state index < -0.39 is 80.9 Å². The van der Waals surface area contributed by atoms with Gasteiger partial charge in [0.05, 0.1) is 78.6 Å². The summed E-state index contributed by atoms with van der Waals surface area (Å²) in [6, 6.07) is 63.3. The number of amides is 4. The zero-order valence-electron chi connectivity index (χ0n) is 75.3. The van der Waals surface area contributed by atoms with Gasteiger partial charge in [0.2, 0.25) is 23.6 Å². The number of aryl methyl sites for hydroxylation is 2. The second-order valence-electron chi connectivity index (χ2n) is 27.9. The van der Waals surface area contributed by atoms with Crippen molar-refractivity contribution in [3.63, 3.8) is 0 Å². The minimum Gasteiger partial charge on any atom is -0.587 e. The van der Waals surface area contributed by atoms with E-state index in [9.17, 15) is 89.4 Å². The first-order valence-electron chi connectivity index (χ1n) is 40.4. The van der Waals surface area contributed by atoms with Gasteiger partial charge in [0, 0.05) is 64.5 Å². The molecule has 45 heteroatoms. The monoisotopic (exact) mass is 2160 g/mol. The number of rotatable bonds is 9. The summed E-state index contributed by atoms with van der Waals surface area (Å²) < 4.78 is 228. The molecule has 142 heavy (non-hydrogen) atoms. The van der Waals surface area contributed by atoms with Crippen LogP contribution < -0.4 is 79.3 Å². The van der Waals surface area contributed by atoms with E-state index >= 15 is 0 Å². The van der Waals surface area contributed by atoms with Gasteiger partial charge >= 0.3 is 82.3 Å². The van der Waals surface area contributed by atoms with Crippen LogP contribution in [0.1, 0.15) is 113 Å². The summed E-state index contributed by atoms with van der Waals surface area (Å²) in [4.78, 5) is 65.7. The first-order valence-corrected chi connectivity index (χ1v) is 42.3. The molecule has 6 heterocycles. The molecule has 0 saturated carbocycles. The molecule has 2 aliphatic rings. The number of carbonyl (C=O) groups is 4. The quantitative estimate of drug-likeness (QED) is 0.0103. The summed E-state index contributed by atoms with van der Waals surface area (Å²) in [7, 11) is 1.41. The smallest absolute Gasteiger partial charge is 0.587 e. The number of nitrogens with zero attached hydrogens (tertiary/aromatic N) is 6. The Labute approximate surface area is 872 Å². The van der Waals surface area contributed by atoms with Gasteiger partial charge in [0.25, 0.3) is 15.1 Å². The van der Waals surface area contributed by atoms with Gasteiger partial charge in [-0.2, -0.15) is 65.9 Å². The molecular formula is C97H86BrCl4F16KN10O13. The third kappa shape index (κ3) is 34.2. The minimum absolute atomic E-state index is 0. The first-order chi connectivity index (χ1) is 66.1. The predicted octanol–water partition coefficient (Wildman–Crippen LogP) is 23.2. The summed E-state index contributed by atoms with van der Waals surface area (Å²) >= 11 is 22.7. The number of hydrogen-bond donors (Lipinski definition) is 7. The number of anilines is 1. The van der Waals surface area contributed by atoms with Crippen LogP contribution in [0.15, 0.2) is 279 Å². The SMILES string of the molecule is C.CCO.CO.COc1ccc(C(F)(F)F)cc1.Cc1cccc(O)c1N.Cc1cccc2oc(-c3ccc(C(F)(F)F)cc3)nc12.ClC(Cl)(Cl)Cl.FC(F)(F)c1ccc(-c2nc3c(CBr)cccc3o2)cc1.NCc1cccc2oc(-c3ccc(C(F)(F)F)cc3)nc12.NN.O.O=C1[N-]C(=O)c2ccccc21.O=C1c2ccccc2C(=O)N1Cc1cccc2oc(-c3ccc(C(F)(F)F)cc3)nc12.[2H]CF.[K+]. The van der Waals surface area contributed by atoms with Gasteiger partial charge in [0.1, 0.15) is 33.6 Å². The zero-order valence-corrected chi connectivity index (χ0v) is 82.0. The molecule has 18 rings (SSSR count). The fourth-order valence-electron chi connectivity index (χ4n) is 12.3. The number of aromatic nitrogens is 4. The molecule has 0 atom stereocenters. The van der Waals surface area contributed by atoms with Crippen molar-refractivity contribution in [1.29, 1.82) is 0 Å². The number of oxazole rings is 4. The Balaban J connectivity index is 0.000000347. The van der Waals surface area contributed by atoms with E-state index in [2.05, 4.69) is 52.9 Å². The minimum atomic E-state index is -4.43. The van der Waals surface area contributed by atoms with Gasteiger partial charge in [-0.05, 0) is 207 Å². The number of phenolic OH excluding ortho intramolecular Hbond substituents is 1. The number of imide groups is 2. The van der Waals surface area contributed by atoms with Crippen molar-refractivity contribution in [1.82, 2.24) is 24.8 Å². The van der Waals surface area contributed by atoms with E-state index in [0.717, 1.165) is 100 Å². The van der Waals surface area contributed by atoms with Gasteiger partial charge < -0.3 is 69.6 Å². The normalized spacial score (nSPS) is 11.7. The maximum Gasteiger partial charge on any atom is 1.00 e. The van der Waals surface area contributed by atoms with Crippen molar-refractivity contribution >= 4 is 136 Å². The van der Waals surface area contributed by atoms with Gasteiger partial charge in [-0.1, -0.05) is 167 Å². The number of ether oxygens (including phenoxy) is 1. The van der Waals surface area contributed by atoms with Crippen LogP contribution in [0, 0.1) is 13.8 Å². The number of hydrazine groups is 1. The van der Waals surface area contributed by atoms with Crippen molar-refractivity contribution < 1.29 is 185 Å². The van der Waals surface area contributed by atoms with Crippen molar-refractivity contribution in [3.8, 4) is 57.3 Å². The van der Waals surface area contributed by atoms with Crippen molar-refractivity contribution in [2.24, 2.45) is 17.4 Å². The van der Waals surface area contributed by atoms with Crippen molar-refractivity contribution in [2.75, 3.05) is 33.7 Å². The number of methoxy groups -OCH3 is 1. The molecule has 0 bridgehead atoms. The molecule has 0 aliphatic carbocycles. The molecule has 0 fully saturated rings. The zero-order chi connectivity index (χ0) is 104. The summed E-state index contributed by atoms with van der Waals surface area (Å²) in [5.41, 5.74) is 20.4. The predicted molar refractivity (Wildman–Crippen MR) is 510 cm³/mol. The molecule has 2 aliphatic heterocycles. The topological polar surface area (TPSA) is 395 Å². The average molecular weight is 2170 g/mol. The van der Waals surface area contributed by atoms with Crippen LogP contribution in [0.4, 0.5) is 75.9 Å². The van der Waals surface area contributed by atoms with Crippen LogP contribution in [-0.2, 0) is 49.3 Å². The van der Waals surface area contributed by atoms with E-state index in [1.54, 1.807) is 110 Å². The standard InChI is InChI=1S/C23H13F3N2O3.C15H9BrF3NO.C15H11F3N2O.C15H10F3NO.C8H7F3O.C8H5NO2.C7H9NO.C2H6O.CCl4.CH3F.CH4O.CH4.K.H4N2.H2O/c24-23(25,26)15-10-8-13(9-11-15)20-27-19-14(4-3-7-18(19)31-20)12-28-21(29)16-5-1-2-6-17(16)22(28)30;16-8-10-2-1-3-12-13(10)20-14(21-12)9-4-6-11(7-5-9)15(17,18)19;16-15(17,18)11-6-4-9(5-7-11)14-20-13-10(8-19)2-1-3-12(13)21-14;1-9-3-2-4-12-13(9)19-14(20-12)10-5-7-11(8-6-10)15(16,17)18;1-12-7-4-2-6(3-5-7)8(9,10)11;10-7-5-3-1-2-4-6(5)8(11)9-7;1-5-3-2-4-6(9)7(5)8;1-2-3;2-1(3,4)5;2*1-2;;;1-2;/h1-11H,12H2;1-7H,8H2;1-7H,8,19H2;2-8H,1H3;2-5H,1H3;1-4H,(H,9,10,11);2-4,9H,8H2,1H3;3H,2H2,1H3;;1H3;2H,1H3;1H4;;1-2H2;1H2/q;;;;;;;;;;;;+1;;/p-1/i;;;;;;;;;1D;;;;;. The van der Waals surface area contributed by atoms with Crippen LogP contribution in [0.3, 0.4) is 0 Å². The number of carbonyl (C=O) groups excluding carboxylic acids is 4. The maximum absolute atomic E-state index is 12.8. The molecule has 0 radical (unpaired) electrons. The van der Waals surface area contributed by atoms with Gasteiger partial charge in [-0.3, -0.25) is 30.6 Å². The second-order valence-corrected chi connectivity index (χ2v) is 31.9. The molecule has 13 N–H and O–H groups in total. The average Bonchev–Trinajstić information content (AvgIpc) is 1.61. The van der Waals surface area contributed by atoms with Gasteiger partial charge in [-0.25, -0.2) is 19.9 Å². The number of nitrogen functional groups attached to an aromatic ring is 1.